The van der Waals surface area contributed by atoms with Crippen LogP contribution in [0.2, 0.25) is 10.0 Å². The van der Waals surface area contributed by atoms with Crippen molar-refractivity contribution < 1.29 is 14.0 Å². The van der Waals surface area contributed by atoms with E-state index in [9.17, 15) is 9.59 Å². The van der Waals surface area contributed by atoms with Crippen molar-refractivity contribution in [2.45, 2.75) is 6.92 Å². The quantitative estimate of drug-likeness (QED) is 0.419. The van der Waals surface area contributed by atoms with Crippen LogP contribution >= 0.6 is 34.5 Å². The van der Waals surface area contributed by atoms with Gasteiger partial charge in [-0.25, -0.2) is 0 Å². The van der Waals surface area contributed by atoms with Gasteiger partial charge in [-0.2, -0.15) is 0 Å². The van der Waals surface area contributed by atoms with E-state index in [4.69, 9.17) is 27.6 Å². The molecule has 1 aromatic carbocycles. The number of aryl methyl sites for hydroxylation is 1. The number of allylic oxidation sites excluding steroid dienone is 1. The lowest BCUT2D eigenvalue weighted by molar-refractivity contribution is 0.0990. The van der Waals surface area contributed by atoms with Gasteiger partial charge >= 0.3 is 0 Å². The molecule has 0 bridgehead atoms. The van der Waals surface area contributed by atoms with Crippen LogP contribution < -0.4 is 0 Å². The number of carbonyl (C=O) groups is 2. The summed E-state index contributed by atoms with van der Waals surface area (Å²) < 4.78 is 6.52. The van der Waals surface area contributed by atoms with Gasteiger partial charge in [0, 0.05) is 16.0 Å². The van der Waals surface area contributed by atoms with E-state index < -0.39 is 0 Å². The van der Waals surface area contributed by atoms with Gasteiger partial charge in [0.25, 0.3) is 0 Å². The number of benzene rings is 1. The standard InChI is InChI=1S/C17H8Cl2O3S/c1-7-2-15-14(22-7)4-8(23-15)3-11-16(20)9-5-12(18)13(19)6-10(9)17(11)21/h2-6H,1H3. The Balaban J connectivity index is 1.81. The smallest absolute Gasteiger partial charge is 0.197 e. The molecule has 0 unspecified atom stereocenters. The molecule has 3 aromatic rings. The van der Waals surface area contributed by atoms with Crippen molar-refractivity contribution in [3.63, 3.8) is 0 Å². The van der Waals surface area contributed by atoms with E-state index >= 15 is 0 Å². The molecule has 114 valence electrons. The summed E-state index contributed by atoms with van der Waals surface area (Å²) in [5.41, 5.74) is 1.47. The number of furan rings is 1. The molecule has 0 fully saturated rings. The van der Waals surface area contributed by atoms with Gasteiger partial charge in [0.05, 0.1) is 20.3 Å². The average Bonchev–Trinajstić information content (AvgIpc) is 3.07. The summed E-state index contributed by atoms with van der Waals surface area (Å²) in [4.78, 5) is 25.7. The molecule has 0 amide bonds. The number of thiophene rings is 1. The summed E-state index contributed by atoms with van der Waals surface area (Å²) in [7, 11) is 0. The zero-order valence-electron chi connectivity index (χ0n) is 11.8. The SMILES string of the molecule is Cc1cc2sc(C=C3C(=O)c4cc(Cl)c(Cl)cc4C3=O)cc2o1. The van der Waals surface area contributed by atoms with Gasteiger partial charge in [-0.1, -0.05) is 23.2 Å². The molecule has 2 heterocycles. The molecule has 0 atom stereocenters. The van der Waals surface area contributed by atoms with E-state index in [0.717, 1.165) is 20.9 Å². The minimum Gasteiger partial charge on any atom is -0.460 e. The fraction of sp³-hybridized carbons (Fsp3) is 0.0588. The van der Waals surface area contributed by atoms with Crippen LogP contribution in [-0.4, -0.2) is 11.6 Å². The number of Topliss-reactive ketones (excluding diaryl/α,β-unsaturated/α-hetero) is 2. The molecule has 1 aliphatic carbocycles. The van der Waals surface area contributed by atoms with Crippen LogP contribution in [0.3, 0.4) is 0 Å². The van der Waals surface area contributed by atoms with E-state index in [2.05, 4.69) is 0 Å². The second kappa shape index (κ2) is 5.06. The maximum atomic E-state index is 12.5. The number of rotatable bonds is 1. The van der Waals surface area contributed by atoms with Gasteiger partial charge < -0.3 is 4.42 Å². The minimum absolute atomic E-state index is 0.124. The van der Waals surface area contributed by atoms with Crippen LogP contribution in [0, 0.1) is 6.92 Å². The van der Waals surface area contributed by atoms with Crippen molar-refractivity contribution >= 4 is 62.5 Å². The first-order valence-corrected chi connectivity index (χ1v) is 8.31. The second-order valence-corrected chi connectivity index (χ2v) is 7.19. The summed E-state index contributed by atoms with van der Waals surface area (Å²) in [6, 6.07) is 6.64. The fourth-order valence-corrected chi connectivity index (χ4v) is 3.99. The highest BCUT2D eigenvalue weighted by Crippen LogP contribution is 2.36. The molecule has 4 rings (SSSR count). The number of fused-ring (bicyclic) bond motifs is 2. The lowest BCUT2D eigenvalue weighted by Gasteiger charge is -1.98. The lowest BCUT2D eigenvalue weighted by Crippen LogP contribution is -1.99. The van der Waals surface area contributed by atoms with Crippen LogP contribution in [0.1, 0.15) is 31.4 Å². The van der Waals surface area contributed by atoms with Crippen LogP contribution in [0.25, 0.3) is 16.4 Å². The van der Waals surface area contributed by atoms with Crippen molar-refractivity contribution in [1.29, 1.82) is 0 Å². The van der Waals surface area contributed by atoms with Crippen molar-refractivity contribution in [3.05, 3.63) is 61.6 Å². The highest BCUT2D eigenvalue weighted by molar-refractivity contribution is 7.19. The van der Waals surface area contributed by atoms with Gasteiger partial charge in [0.1, 0.15) is 11.3 Å². The van der Waals surface area contributed by atoms with Crippen molar-refractivity contribution in [1.82, 2.24) is 0 Å². The number of halogens is 2. The van der Waals surface area contributed by atoms with E-state index in [1.807, 2.05) is 19.1 Å². The lowest BCUT2D eigenvalue weighted by atomic mass is 10.1. The third kappa shape index (κ3) is 2.26. The Kier molecular flexibility index (Phi) is 3.23. The predicted molar refractivity (Wildman–Crippen MR) is 91.9 cm³/mol. The van der Waals surface area contributed by atoms with Gasteiger partial charge in [0.15, 0.2) is 11.6 Å². The maximum Gasteiger partial charge on any atom is 0.197 e. The molecular weight excluding hydrogens is 355 g/mol. The number of hydrogen-bond donors (Lipinski definition) is 0. The van der Waals surface area contributed by atoms with Crippen LogP contribution in [-0.2, 0) is 0 Å². The molecule has 0 radical (unpaired) electrons. The molecule has 0 spiro atoms. The zero-order chi connectivity index (χ0) is 16.3. The first kappa shape index (κ1) is 14.7. The van der Waals surface area contributed by atoms with Gasteiger partial charge in [0.2, 0.25) is 0 Å². The van der Waals surface area contributed by atoms with E-state index in [0.29, 0.717) is 11.1 Å². The normalized spacial score (nSPS) is 14.0. The first-order chi connectivity index (χ1) is 10.9. The topological polar surface area (TPSA) is 47.3 Å². The molecule has 6 heteroatoms. The summed E-state index contributed by atoms with van der Waals surface area (Å²) >= 11 is 13.4. The van der Waals surface area contributed by atoms with Gasteiger partial charge in [-0.3, -0.25) is 9.59 Å². The maximum absolute atomic E-state index is 12.5. The largest absolute Gasteiger partial charge is 0.460 e. The predicted octanol–water partition coefficient (Wildman–Crippen LogP) is 5.57. The molecule has 2 aromatic heterocycles. The van der Waals surface area contributed by atoms with Gasteiger partial charge in [-0.05, 0) is 37.3 Å². The molecule has 1 aliphatic rings. The molecular formula is C17H8Cl2O3S. The molecule has 0 saturated carbocycles. The van der Waals surface area contributed by atoms with Crippen LogP contribution in [0.5, 0.6) is 0 Å². The Morgan fingerprint density at radius 1 is 1.00 bits per heavy atom. The first-order valence-electron chi connectivity index (χ1n) is 6.74. The Labute approximate surface area is 145 Å². The molecule has 0 aliphatic heterocycles. The zero-order valence-corrected chi connectivity index (χ0v) is 14.1. The average molecular weight is 363 g/mol. The monoisotopic (exact) mass is 362 g/mol. The van der Waals surface area contributed by atoms with Crippen molar-refractivity contribution in [3.8, 4) is 0 Å². The third-order valence-electron chi connectivity index (χ3n) is 3.67. The number of hydrogen-bond acceptors (Lipinski definition) is 4. The Bertz CT molecular complexity index is 965. The minimum atomic E-state index is -0.329. The van der Waals surface area contributed by atoms with Crippen molar-refractivity contribution in [2.75, 3.05) is 0 Å². The summed E-state index contributed by atoms with van der Waals surface area (Å²) in [6.45, 7) is 1.87. The molecule has 3 nitrogen and oxygen atoms in total. The molecule has 0 saturated heterocycles. The number of carbonyl (C=O) groups excluding carboxylic acids is 2. The molecule has 23 heavy (non-hydrogen) atoms. The second-order valence-electron chi connectivity index (χ2n) is 5.26. The highest BCUT2D eigenvalue weighted by atomic mass is 35.5. The number of ketones is 2. The fourth-order valence-electron chi connectivity index (χ4n) is 2.64. The highest BCUT2D eigenvalue weighted by Gasteiger charge is 2.34. The Morgan fingerprint density at radius 2 is 1.61 bits per heavy atom. The summed E-state index contributed by atoms with van der Waals surface area (Å²) in [5.74, 6) is 0.171. The Hall–Kier alpha value is -1.88. The van der Waals surface area contributed by atoms with Crippen molar-refractivity contribution in [2.24, 2.45) is 0 Å². The third-order valence-corrected chi connectivity index (χ3v) is 5.41. The van der Waals surface area contributed by atoms with Gasteiger partial charge in [-0.15, -0.1) is 11.3 Å². The summed E-state index contributed by atoms with van der Waals surface area (Å²) in [5, 5.41) is 0.522. The Morgan fingerprint density at radius 3 is 2.17 bits per heavy atom. The van der Waals surface area contributed by atoms with E-state index in [-0.39, 0.29) is 27.2 Å². The van der Waals surface area contributed by atoms with Crippen LogP contribution in [0.15, 0.2) is 34.3 Å². The van der Waals surface area contributed by atoms with Crippen LogP contribution in [0.4, 0.5) is 0 Å². The summed E-state index contributed by atoms with van der Waals surface area (Å²) in [6.07, 6.45) is 1.60. The van der Waals surface area contributed by atoms with E-state index in [1.54, 1.807) is 6.08 Å². The molecule has 0 N–H and O–H groups in total. The van der Waals surface area contributed by atoms with E-state index in [1.165, 1.54) is 23.5 Å².